The molecule has 2 N–H and O–H groups in total. The number of likely N-dealkylation sites (N-methyl/N-ethyl adjacent to an activating group) is 1. The van der Waals surface area contributed by atoms with E-state index in [0.29, 0.717) is 18.5 Å². The number of rotatable bonds is 6. The molecular formula is C19H27N7OS. The van der Waals surface area contributed by atoms with Crippen LogP contribution in [-0.4, -0.2) is 66.5 Å². The van der Waals surface area contributed by atoms with E-state index < -0.39 is 0 Å². The molecule has 1 aliphatic heterocycles. The summed E-state index contributed by atoms with van der Waals surface area (Å²) in [6.45, 7) is 2.59. The van der Waals surface area contributed by atoms with Gasteiger partial charge in [0.2, 0.25) is 11.9 Å². The van der Waals surface area contributed by atoms with Crippen molar-refractivity contribution in [1.29, 1.82) is 0 Å². The van der Waals surface area contributed by atoms with Crippen molar-refractivity contribution < 1.29 is 4.79 Å². The first kappa shape index (κ1) is 20.1. The lowest BCUT2D eigenvalue weighted by molar-refractivity contribution is -0.127. The van der Waals surface area contributed by atoms with Crippen LogP contribution in [0.25, 0.3) is 0 Å². The highest BCUT2D eigenvalue weighted by molar-refractivity contribution is 7.09. The average Bonchev–Trinajstić information content (AvgIpc) is 3.24. The Bertz CT molecular complexity index is 756. The number of amides is 1. The normalized spacial score (nSPS) is 15.4. The maximum Gasteiger partial charge on any atom is 0.243 e. The van der Waals surface area contributed by atoms with Gasteiger partial charge in [-0.15, -0.1) is 11.3 Å². The lowest BCUT2D eigenvalue weighted by Gasteiger charge is -2.33. The molecule has 3 heterocycles. The minimum Gasteiger partial charge on any atom is -0.354 e. The zero-order chi connectivity index (χ0) is 19.8. The number of hydrogen-bond acceptors (Lipinski definition) is 6. The molecule has 3 rings (SSSR count). The molecular weight excluding hydrogens is 374 g/mol. The van der Waals surface area contributed by atoms with E-state index in [1.54, 1.807) is 42.7 Å². The fourth-order valence-electron chi connectivity index (χ4n) is 2.90. The lowest BCUT2D eigenvalue weighted by atomic mass is 10.1. The number of nitrogens with one attached hydrogen (secondary N) is 2. The van der Waals surface area contributed by atoms with Crippen LogP contribution in [0.4, 0.5) is 5.95 Å². The Hall–Kier alpha value is -2.68. The van der Waals surface area contributed by atoms with Gasteiger partial charge in [-0.3, -0.25) is 4.79 Å². The molecule has 8 nitrogen and oxygen atoms in total. The second-order valence-electron chi connectivity index (χ2n) is 6.84. The molecule has 2 aromatic heterocycles. The number of hydrogen-bond donors (Lipinski definition) is 2. The molecule has 0 radical (unpaired) electrons. The fraction of sp³-hybridized carbons (Fsp3) is 0.474. The van der Waals surface area contributed by atoms with E-state index >= 15 is 0 Å². The van der Waals surface area contributed by atoms with Crippen LogP contribution in [-0.2, 0) is 11.3 Å². The molecule has 2 aromatic rings. The predicted molar refractivity (Wildman–Crippen MR) is 113 cm³/mol. The molecule has 0 saturated carbocycles. The van der Waals surface area contributed by atoms with Crippen LogP contribution in [0.3, 0.4) is 0 Å². The van der Waals surface area contributed by atoms with Gasteiger partial charge < -0.3 is 20.4 Å². The van der Waals surface area contributed by atoms with Crippen LogP contribution in [0.2, 0.25) is 0 Å². The van der Waals surface area contributed by atoms with Gasteiger partial charge in [-0.25, -0.2) is 15.0 Å². The second kappa shape index (κ2) is 10.0. The highest BCUT2D eigenvalue weighted by atomic mass is 32.1. The van der Waals surface area contributed by atoms with Gasteiger partial charge in [-0.1, -0.05) is 6.07 Å². The first-order chi connectivity index (χ1) is 13.6. The van der Waals surface area contributed by atoms with Crippen molar-refractivity contribution in [2.24, 2.45) is 4.99 Å². The van der Waals surface area contributed by atoms with E-state index in [1.807, 2.05) is 12.1 Å². The number of piperidine rings is 1. The van der Waals surface area contributed by atoms with Crippen molar-refractivity contribution in [3.05, 3.63) is 40.8 Å². The van der Waals surface area contributed by atoms with Gasteiger partial charge in [0.1, 0.15) is 6.54 Å². The van der Waals surface area contributed by atoms with Gasteiger partial charge in [-0.05, 0) is 30.4 Å². The molecule has 0 aromatic carbocycles. The molecule has 0 bridgehead atoms. The van der Waals surface area contributed by atoms with Crippen LogP contribution in [0, 0.1) is 0 Å². The largest absolute Gasteiger partial charge is 0.354 e. The number of nitrogens with zero attached hydrogens (tertiary/aromatic N) is 5. The molecule has 1 fully saturated rings. The molecule has 0 spiro atoms. The SMILES string of the molecule is CN(C)C(=O)CN=C(NCc1cccs1)NC1CCN(c2ncccn2)CC1. The predicted octanol–water partition coefficient (Wildman–Crippen LogP) is 1.33. The summed E-state index contributed by atoms with van der Waals surface area (Å²) in [4.78, 5) is 30.0. The van der Waals surface area contributed by atoms with Gasteiger partial charge in [0.15, 0.2) is 5.96 Å². The van der Waals surface area contributed by atoms with Gasteiger partial charge in [0.05, 0.1) is 6.54 Å². The molecule has 0 unspecified atom stereocenters. The van der Waals surface area contributed by atoms with E-state index in [2.05, 4.69) is 41.9 Å². The highest BCUT2D eigenvalue weighted by Gasteiger charge is 2.21. The van der Waals surface area contributed by atoms with Crippen molar-refractivity contribution in [3.63, 3.8) is 0 Å². The summed E-state index contributed by atoms with van der Waals surface area (Å²) in [5, 5.41) is 8.89. The van der Waals surface area contributed by atoms with Crippen molar-refractivity contribution in [2.75, 3.05) is 38.6 Å². The second-order valence-corrected chi connectivity index (χ2v) is 7.87. The topological polar surface area (TPSA) is 85.8 Å². The zero-order valence-electron chi connectivity index (χ0n) is 16.3. The average molecular weight is 402 g/mol. The molecule has 1 amide bonds. The van der Waals surface area contributed by atoms with E-state index in [1.165, 1.54) is 4.88 Å². The number of thiophene rings is 1. The summed E-state index contributed by atoms with van der Waals surface area (Å²) in [6.07, 6.45) is 5.46. The summed E-state index contributed by atoms with van der Waals surface area (Å²) in [7, 11) is 3.48. The monoisotopic (exact) mass is 401 g/mol. The third-order valence-corrected chi connectivity index (χ3v) is 5.43. The van der Waals surface area contributed by atoms with Gasteiger partial charge >= 0.3 is 0 Å². The Morgan fingerprint density at radius 3 is 2.68 bits per heavy atom. The lowest BCUT2D eigenvalue weighted by Crippen LogP contribution is -2.49. The third-order valence-electron chi connectivity index (χ3n) is 4.55. The van der Waals surface area contributed by atoms with Crippen molar-refractivity contribution >= 4 is 29.2 Å². The molecule has 28 heavy (non-hydrogen) atoms. The molecule has 0 atom stereocenters. The maximum atomic E-state index is 11.9. The van der Waals surface area contributed by atoms with Crippen LogP contribution >= 0.6 is 11.3 Å². The minimum atomic E-state index is -0.0201. The maximum absolute atomic E-state index is 11.9. The van der Waals surface area contributed by atoms with Crippen molar-refractivity contribution in [2.45, 2.75) is 25.4 Å². The van der Waals surface area contributed by atoms with Crippen LogP contribution < -0.4 is 15.5 Å². The summed E-state index contributed by atoms with van der Waals surface area (Å²) in [5.74, 6) is 1.44. The van der Waals surface area contributed by atoms with Crippen molar-refractivity contribution in [1.82, 2.24) is 25.5 Å². The number of carbonyl (C=O) groups excluding carboxylic acids is 1. The van der Waals surface area contributed by atoms with Gasteiger partial charge in [-0.2, -0.15) is 0 Å². The summed E-state index contributed by atoms with van der Waals surface area (Å²) in [6, 6.07) is 6.24. The minimum absolute atomic E-state index is 0.0201. The third kappa shape index (κ3) is 5.91. The molecule has 9 heteroatoms. The van der Waals surface area contributed by atoms with E-state index in [9.17, 15) is 4.79 Å². The Balaban J connectivity index is 1.56. The summed E-state index contributed by atoms with van der Waals surface area (Å²) >= 11 is 1.70. The smallest absolute Gasteiger partial charge is 0.243 e. The van der Waals surface area contributed by atoms with Gasteiger partial charge in [0.25, 0.3) is 0 Å². The van der Waals surface area contributed by atoms with Crippen molar-refractivity contribution in [3.8, 4) is 0 Å². The number of aliphatic imine (C=N–C) groups is 1. The van der Waals surface area contributed by atoms with E-state index in [-0.39, 0.29) is 12.5 Å². The summed E-state index contributed by atoms with van der Waals surface area (Å²) in [5.41, 5.74) is 0. The Kier molecular flexibility index (Phi) is 7.18. The molecule has 0 aliphatic carbocycles. The summed E-state index contributed by atoms with van der Waals surface area (Å²) < 4.78 is 0. The van der Waals surface area contributed by atoms with E-state index in [4.69, 9.17) is 0 Å². The number of guanidine groups is 1. The Morgan fingerprint density at radius 1 is 1.29 bits per heavy atom. The first-order valence-corrected chi connectivity index (χ1v) is 10.3. The van der Waals surface area contributed by atoms with Gasteiger partial charge in [0, 0.05) is 50.5 Å². The quantitative estimate of drug-likeness (QED) is 0.561. The highest BCUT2D eigenvalue weighted by Crippen LogP contribution is 2.15. The Labute approximate surface area is 169 Å². The zero-order valence-corrected chi connectivity index (χ0v) is 17.2. The molecule has 1 saturated heterocycles. The fourth-order valence-corrected chi connectivity index (χ4v) is 3.54. The number of anilines is 1. The van der Waals surface area contributed by atoms with Crippen LogP contribution in [0.15, 0.2) is 41.0 Å². The number of aromatic nitrogens is 2. The molecule has 150 valence electrons. The Morgan fingerprint density at radius 2 is 2.04 bits per heavy atom. The van der Waals surface area contributed by atoms with E-state index in [0.717, 1.165) is 31.9 Å². The first-order valence-electron chi connectivity index (χ1n) is 9.41. The molecule has 1 aliphatic rings. The van der Waals surface area contributed by atoms with Crippen LogP contribution in [0.5, 0.6) is 0 Å². The standard InChI is InChI=1S/C19H27N7OS/c1-25(2)17(27)14-23-18(22-13-16-5-3-12-28-16)24-15-6-10-26(11-7-15)19-20-8-4-9-21-19/h3-5,8-9,12,15H,6-7,10-11,13-14H2,1-2H3,(H2,22,23,24). The van der Waals surface area contributed by atoms with Crippen LogP contribution in [0.1, 0.15) is 17.7 Å². The number of carbonyl (C=O) groups is 1.